The van der Waals surface area contributed by atoms with Gasteiger partial charge in [0.25, 0.3) is 5.91 Å². The van der Waals surface area contributed by atoms with E-state index < -0.39 is 0 Å². The molecule has 1 atom stereocenters. The summed E-state index contributed by atoms with van der Waals surface area (Å²) in [6.07, 6.45) is 6.53. The van der Waals surface area contributed by atoms with E-state index in [0.717, 1.165) is 5.69 Å². The predicted molar refractivity (Wildman–Crippen MR) is 72.3 cm³/mol. The van der Waals surface area contributed by atoms with Crippen molar-refractivity contribution in [3.63, 3.8) is 0 Å². The summed E-state index contributed by atoms with van der Waals surface area (Å²) in [6.45, 7) is 3.94. The number of nitrogen functional groups attached to an aromatic ring is 1. The summed E-state index contributed by atoms with van der Waals surface area (Å²) in [5.41, 5.74) is 7.65. The van der Waals surface area contributed by atoms with Crippen LogP contribution in [0.1, 0.15) is 48.7 Å². The number of aromatic nitrogens is 1. The van der Waals surface area contributed by atoms with E-state index in [9.17, 15) is 4.79 Å². The van der Waals surface area contributed by atoms with Crippen molar-refractivity contribution in [2.45, 2.75) is 45.6 Å². The van der Waals surface area contributed by atoms with Gasteiger partial charge in [0.05, 0.1) is 5.56 Å². The average molecular weight is 247 g/mol. The van der Waals surface area contributed by atoms with Gasteiger partial charge < -0.3 is 11.1 Å². The van der Waals surface area contributed by atoms with Crippen LogP contribution in [0.5, 0.6) is 0 Å². The minimum absolute atomic E-state index is 0.112. The van der Waals surface area contributed by atoms with Crippen molar-refractivity contribution in [3.05, 3.63) is 23.5 Å². The third-order valence-corrected chi connectivity index (χ3v) is 3.78. The number of rotatable bonds is 3. The Morgan fingerprint density at radius 2 is 2.17 bits per heavy atom. The minimum Gasteiger partial charge on any atom is -0.398 e. The summed E-state index contributed by atoms with van der Waals surface area (Å²) >= 11 is 0. The van der Waals surface area contributed by atoms with Crippen LogP contribution >= 0.6 is 0 Å². The molecule has 1 aromatic rings. The molecule has 18 heavy (non-hydrogen) atoms. The molecular formula is C14H21N3O. The molecule has 1 unspecified atom stereocenters. The number of carbonyl (C=O) groups is 1. The van der Waals surface area contributed by atoms with Gasteiger partial charge in [-0.25, -0.2) is 0 Å². The lowest BCUT2D eigenvalue weighted by Gasteiger charge is -2.20. The Labute approximate surface area is 108 Å². The highest BCUT2D eigenvalue weighted by atomic mass is 16.1. The maximum atomic E-state index is 12.1. The van der Waals surface area contributed by atoms with Crippen LogP contribution in [0.4, 0.5) is 5.69 Å². The Balaban J connectivity index is 2.02. The highest BCUT2D eigenvalue weighted by Crippen LogP contribution is 2.27. The van der Waals surface area contributed by atoms with Gasteiger partial charge in [-0.1, -0.05) is 12.8 Å². The number of pyridine rings is 1. The number of aryl methyl sites for hydroxylation is 1. The number of hydrogen-bond donors (Lipinski definition) is 2. The largest absolute Gasteiger partial charge is 0.398 e. The quantitative estimate of drug-likeness (QED) is 0.861. The monoisotopic (exact) mass is 247 g/mol. The average Bonchev–Trinajstić information content (AvgIpc) is 2.81. The van der Waals surface area contributed by atoms with E-state index in [1.807, 2.05) is 6.92 Å². The van der Waals surface area contributed by atoms with Crippen molar-refractivity contribution in [2.24, 2.45) is 5.92 Å². The zero-order valence-electron chi connectivity index (χ0n) is 11.1. The lowest BCUT2D eigenvalue weighted by atomic mass is 9.99. The van der Waals surface area contributed by atoms with Gasteiger partial charge in [-0.15, -0.1) is 0 Å². The minimum atomic E-state index is -0.112. The fraction of sp³-hybridized carbons (Fsp3) is 0.571. The van der Waals surface area contributed by atoms with Crippen LogP contribution in [0.2, 0.25) is 0 Å². The second-order valence-corrected chi connectivity index (χ2v) is 5.22. The molecule has 2 rings (SSSR count). The number of anilines is 1. The Morgan fingerprint density at radius 1 is 1.50 bits per heavy atom. The zero-order chi connectivity index (χ0) is 13.1. The molecule has 1 amide bonds. The first-order chi connectivity index (χ1) is 8.58. The van der Waals surface area contributed by atoms with Crippen LogP contribution in [0.25, 0.3) is 0 Å². The van der Waals surface area contributed by atoms with Crippen LogP contribution < -0.4 is 11.1 Å². The third-order valence-electron chi connectivity index (χ3n) is 3.78. The number of nitrogens with one attached hydrogen (secondary N) is 1. The molecule has 0 radical (unpaired) electrons. The van der Waals surface area contributed by atoms with Crippen molar-refractivity contribution < 1.29 is 4.79 Å². The number of carbonyl (C=O) groups excluding carboxylic acids is 1. The van der Waals surface area contributed by atoms with E-state index >= 15 is 0 Å². The summed E-state index contributed by atoms with van der Waals surface area (Å²) < 4.78 is 0. The van der Waals surface area contributed by atoms with Gasteiger partial charge in [-0.3, -0.25) is 9.78 Å². The predicted octanol–water partition coefficient (Wildman–Crippen LogP) is 2.28. The number of hydrogen-bond acceptors (Lipinski definition) is 3. The first-order valence-corrected chi connectivity index (χ1v) is 6.61. The Hall–Kier alpha value is -1.58. The van der Waals surface area contributed by atoms with Crippen LogP contribution in [0.3, 0.4) is 0 Å². The van der Waals surface area contributed by atoms with Gasteiger partial charge in [0, 0.05) is 23.6 Å². The van der Waals surface area contributed by atoms with E-state index in [4.69, 9.17) is 5.73 Å². The van der Waals surface area contributed by atoms with Crippen molar-refractivity contribution >= 4 is 11.6 Å². The van der Waals surface area contributed by atoms with Gasteiger partial charge in [-0.2, -0.15) is 0 Å². The first kappa shape index (κ1) is 12.9. The topological polar surface area (TPSA) is 68.0 Å². The molecule has 0 aromatic carbocycles. The van der Waals surface area contributed by atoms with Crippen LogP contribution in [0, 0.1) is 12.8 Å². The van der Waals surface area contributed by atoms with Crippen molar-refractivity contribution in [2.75, 3.05) is 5.73 Å². The van der Waals surface area contributed by atoms with Crippen molar-refractivity contribution in [1.82, 2.24) is 10.3 Å². The molecule has 0 aliphatic heterocycles. The molecule has 1 fully saturated rings. The second-order valence-electron chi connectivity index (χ2n) is 5.22. The SMILES string of the molecule is Cc1cc(N)c(C(=O)NC(C)C2CCCC2)cn1. The summed E-state index contributed by atoms with van der Waals surface area (Å²) in [5, 5.41) is 3.04. The molecule has 0 saturated heterocycles. The van der Waals surface area contributed by atoms with Gasteiger partial charge >= 0.3 is 0 Å². The fourth-order valence-corrected chi connectivity index (χ4v) is 2.63. The van der Waals surface area contributed by atoms with E-state index in [0.29, 0.717) is 17.2 Å². The third kappa shape index (κ3) is 2.81. The highest BCUT2D eigenvalue weighted by Gasteiger charge is 2.23. The van der Waals surface area contributed by atoms with E-state index in [1.54, 1.807) is 12.3 Å². The van der Waals surface area contributed by atoms with E-state index in [-0.39, 0.29) is 11.9 Å². The summed E-state index contributed by atoms with van der Waals surface area (Å²) in [5.74, 6) is 0.494. The molecule has 4 heteroatoms. The number of nitrogens with zero attached hydrogens (tertiary/aromatic N) is 1. The lowest BCUT2D eigenvalue weighted by Crippen LogP contribution is -2.37. The molecule has 1 saturated carbocycles. The zero-order valence-corrected chi connectivity index (χ0v) is 11.1. The van der Waals surface area contributed by atoms with E-state index in [2.05, 4.69) is 17.2 Å². The lowest BCUT2D eigenvalue weighted by molar-refractivity contribution is 0.0928. The molecule has 98 valence electrons. The molecule has 1 aromatic heterocycles. The van der Waals surface area contributed by atoms with Crippen molar-refractivity contribution in [3.8, 4) is 0 Å². The Morgan fingerprint density at radius 3 is 2.78 bits per heavy atom. The normalized spacial score (nSPS) is 17.7. The number of amides is 1. The van der Waals surface area contributed by atoms with Gasteiger partial charge in [0.2, 0.25) is 0 Å². The molecule has 1 aliphatic carbocycles. The molecule has 0 bridgehead atoms. The molecule has 0 spiro atoms. The van der Waals surface area contributed by atoms with Crippen LogP contribution in [0.15, 0.2) is 12.3 Å². The molecule has 1 aliphatic rings. The summed E-state index contributed by atoms with van der Waals surface area (Å²) in [7, 11) is 0. The van der Waals surface area contributed by atoms with Gasteiger partial charge in [0.15, 0.2) is 0 Å². The maximum absolute atomic E-state index is 12.1. The molecule has 3 N–H and O–H groups in total. The number of nitrogens with two attached hydrogens (primary N) is 1. The second kappa shape index (κ2) is 5.38. The fourth-order valence-electron chi connectivity index (χ4n) is 2.63. The Kier molecular flexibility index (Phi) is 3.84. The maximum Gasteiger partial charge on any atom is 0.255 e. The van der Waals surface area contributed by atoms with Gasteiger partial charge in [-0.05, 0) is 38.7 Å². The van der Waals surface area contributed by atoms with Gasteiger partial charge in [0.1, 0.15) is 0 Å². The van der Waals surface area contributed by atoms with Crippen LogP contribution in [-0.4, -0.2) is 16.9 Å². The summed E-state index contributed by atoms with van der Waals surface area (Å²) in [4.78, 5) is 16.2. The molecule has 4 nitrogen and oxygen atoms in total. The van der Waals surface area contributed by atoms with E-state index in [1.165, 1.54) is 25.7 Å². The van der Waals surface area contributed by atoms with Crippen molar-refractivity contribution in [1.29, 1.82) is 0 Å². The summed E-state index contributed by atoms with van der Waals surface area (Å²) in [6, 6.07) is 1.94. The Bertz CT molecular complexity index is 439. The standard InChI is InChI=1S/C14H21N3O/c1-9-7-13(15)12(8-16-9)14(18)17-10(2)11-5-3-4-6-11/h7-8,10-11H,3-6H2,1-2H3,(H2,15,16)(H,17,18). The molecular weight excluding hydrogens is 226 g/mol. The van der Waals surface area contributed by atoms with Crippen LogP contribution in [-0.2, 0) is 0 Å². The first-order valence-electron chi connectivity index (χ1n) is 6.61. The highest BCUT2D eigenvalue weighted by molar-refractivity contribution is 5.98. The smallest absolute Gasteiger partial charge is 0.255 e. The molecule has 1 heterocycles.